The van der Waals surface area contributed by atoms with Crippen molar-refractivity contribution >= 4 is 23.3 Å². The second-order valence-electron chi connectivity index (χ2n) is 10.6. The summed E-state index contributed by atoms with van der Waals surface area (Å²) in [4.78, 5) is 46.9. The van der Waals surface area contributed by atoms with Crippen molar-refractivity contribution in [3.63, 3.8) is 0 Å². The normalized spacial score (nSPS) is 19.1. The van der Waals surface area contributed by atoms with Crippen LogP contribution < -0.4 is 10.2 Å². The molecule has 188 valence electrons. The van der Waals surface area contributed by atoms with E-state index < -0.39 is 18.0 Å². The highest BCUT2D eigenvalue weighted by Gasteiger charge is 2.48. The first-order chi connectivity index (χ1) is 17.2. The van der Waals surface area contributed by atoms with E-state index >= 15 is 0 Å². The zero-order valence-corrected chi connectivity index (χ0v) is 21.1. The molecule has 1 saturated heterocycles. The van der Waals surface area contributed by atoms with E-state index in [9.17, 15) is 19.6 Å². The summed E-state index contributed by atoms with van der Waals surface area (Å²) >= 11 is 0. The minimum absolute atomic E-state index is 0.0339. The minimum atomic E-state index is -1.24. The molecule has 8 nitrogen and oxygen atoms in total. The number of carbonyl (C=O) groups is 3. The van der Waals surface area contributed by atoms with Gasteiger partial charge in [0.15, 0.2) is 18.0 Å². The van der Waals surface area contributed by atoms with Crippen LogP contribution in [-0.2, 0) is 19.8 Å². The molecule has 8 heteroatoms. The Kier molecular flexibility index (Phi) is 7.39. The van der Waals surface area contributed by atoms with Gasteiger partial charge in [0.05, 0.1) is 6.54 Å². The number of pyridine rings is 1. The van der Waals surface area contributed by atoms with E-state index in [0.717, 1.165) is 42.6 Å². The van der Waals surface area contributed by atoms with E-state index in [-0.39, 0.29) is 29.7 Å². The van der Waals surface area contributed by atoms with E-state index in [1.54, 1.807) is 36.7 Å². The van der Waals surface area contributed by atoms with Gasteiger partial charge in [-0.1, -0.05) is 58.2 Å². The molecule has 1 aliphatic heterocycles. The summed E-state index contributed by atoms with van der Waals surface area (Å²) in [6, 6.07) is 8.70. The molecule has 2 unspecified atom stereocenters. The van der Waals surface area contributed by atoms with Gasteiger partial charge in [-0.15, -0.1) is 0 Å². The zero-order chi connectivity index (χ0) is 25.9. The number of carbonyl (C=O) groups excluding carboxylic acids is 3. The number of nitriles is 1. The van der Waals surface area contributed by atoms with Gasteiger partial charge < -0.3 is 5.32 Å². The third-order valence-corrected chi connectivity index (χ3v) is 7.01. The molecule has 2 heterocycles. The topological polar surface area (TPSA) is 106 Å². The number of nitrogens with one attached hydrogen (secondary N) is 1. The average molecular weight is 488 g/mol. The predicted molar refractivity (Wildman–Crippen MR) is 136 cm³/mol. The first-order valence-corrected chi connectivity index (χ1v) is 12.5. The van der Waals surface area contributed by atoms with Crippen molar-refractivity contribution in [1.29, 1.82) is 5.26 Å². The molecule has 1 aromatic carbocycles. The Bertz CT molecular complexity index is 1140. The fourth-order valence-electron chi connectivity index (χ4n) is 4.91. The summed E-state index contributed by atoms with van der Waals surface area (Å²) in [5.41, 5.74) is 1.99. The Labute approximate surface area is 212 Å². The molecule has 1 N–H and O–H groups in total. The van der Waals surface area contributed by atoms with Crippen molar-refractivity contribution in [2.24, 2.45) is 0 Å². The SMILES string of the molecule is CC(C)(C)c1ccc(N(C(=O)C2C(=O)CN2C#N)C(C(=O)NC2CCCCC2)c2cccnc2)cc1. The number of ketones is 1. The number of rotatable bonds is 6. The summed E-state index contributed by atoms with van der Waals surface area (Å²) in [6.07, 6.45) is 10.1. The van der Waals surface area contributed by atoms with Gasteiger partial charge in [-0.25, -0.2) is 0 Å². The Hall–Kier alpha value is -3.73. The summed E-state index contributed by atoms with van der Waals surface area (Å²) in [5, 5.41) is 12.6. The Balaban J connectivity index is 1.78. The first kappa shape index (κ1) is 25.4. The molecule has 2 aliphatic rings. The quantitative estimate of drug-likeness (QED) is 0.493. The van der Waals surface area contributed by atoms with Crippen molar-refractivity contribution < 1.29 is 14.4 Å². The lowest BCUT2D eigenvalue weighted by molar-refractivity contribution is -0.142. The third-order valence-electron chi connectivity index (χ3n) is 7.01. The molecule has 0 radical (unpaired) electrons. The van der Waals surface area contributed by atoms with Crippen LogP contribution in [0, 0.1) is 11.5 Å². The van der Waals surface area contributed by atoms with Gasteiger partial charge >= 0.3 is 0 Å². The van der Waals surface area contributed by atoms with Gasteiger partial charge in [-0.3, -0.25) is 29.2 Å². The number of amides is 2. The summed E-state index contributed by atoms with van der Waals surface area (Å²) < 4.78 is 0. The van der Waals surface area contributed by atoms with Gasteiger partial charge in [0.25, 0.3) is 5.91 Å². The number of aromatic nitrogens is 1. The van der Waals surface area contributed by atoms with E-state index in [4.69, 9.17) is 0 Å². The lowest BCUT2D eigenvalue weighted by atomic mass is 9.87. The second-order valence-corrected chi connectivity index (χ2v) is 10.6. The molecule has 0 bridgehead atoms. The Morgan fingerprint density at radius 1 is 1.14 bits per heavy atom. The first-order valence-electron chi connectivity index (χ1n) is 12.5. The molecule has 2 aromatic rings. The Morgan fingerprint density at radius 3 is 2.39 bits per heavy atom. The molecule has 0 spiro atoms. The fourth-order valence-corrected chi connectivity index (χ4v) is 4.91. The molecule has 1 saturated carbocycles. The van der Waals surface area contributed by atoms with E-state index in [1.807, 2.05) is 18.3 Å². The number of hydrogen-bond donors (Lipinski definition) is 1. The number of likely N-dealkylation sites (tertiary alicyclic amines) is 1. The lowest BCUT2D eigenvalue weighted by Crippen LogP contribution is -2.63. The van der Waals surface area contributed by atoms with Crippen LogP contribution in [0.3, 0.4) is 0 Å². The van der Waals surface area contributed by atoms with E-state index in [2.05, 4.69) is 31.1 Å². The molecular weight excluding hydrogens is 454 g/mol. The maximum absolute atomic E-state index is 13.9. The van der Waals surface area contributed by atoms with Crippen LogP contribution >= 0.6 is 0 Å². The third kappa shape index (κ3) is 5.25. The number of benzene rings is 1. The van der Waals surface area contributed by atoms with Crippen molar-refractivity contribution in [3.05, 3.63) is 59.9 Å². The maximum Gasteiger partial charge on any atom is 0.259 e. The predicted octanol–water partition coefficient (Wildman–Crippen LogP) is 3.64. The van der Waals surface area contributed by atoms with Crippen molar-refractivity contribution in [2.45, 2.75) is 76.4 Å². The molecule has 36 heavy (non-hydrogen) atoms. The summed E-state index contributed by atoms with van der Waals surface area (Å²) in [5.74, 6) is -1.25. The second kappa shape index (κ2) is 10.5. The highest BCUT2D eigenvalue weighted by atomic mass is 16.2. The number of nitrogens with zero attached hydrogens (tertiary/aromatic N) is 4. The van der Waals surface area contributed by atoms with Crippen LogP contribution in [0.1, 0.15) is 70.0 Å². The summed E-state index contributed by atoms with van der Waals surface area (Å²) in [7, 11) is 0. The van der Waals surface area contributed by atoms with Crippen LogP contribution in [0.5, 0.6) is 0 Å². The van der Waals surface area contributed by atoms with Crippen molar-refractivity contribution in [1.82, 2.24) is 15.2 Å². The van der Waals surface area contributed by atoms with Gasteiger partial charge in [0, 0.05) is 29.7 Å². The molecule has 1 aromatic heterocycles. The lowest BCUT2D eigenvalue weighted by Gasteiger charge is -2.40. The van der Waals surface area contributed by atoms with Gasteiger partial charge in [-0.05, 0) is 42.0 Å². The highest BCUT2D eigenvalue weighted by molar-refractivity contribution is 6.17. The largest absolute Gasteiger partial charge is 0.351 e. The van der Waals surface area contributed by atoms with Crippen LogP contribution in [0.4, 0.5) is 5.69 Å². The standard InChI is InChI=1S/C28H33N5O3/c1-28(2,3)20-11-13-22(14-12-20)33(27(36)25-23(34)17-32(25)18-29)24(19-8-7-15-30-16-19)26(35)31-21-9-5-4-6-10-21/h7-8,11-16,21,24-25H,4-6,9-10,17H2,1-3H3,(H,31,35). The van der Waals surface area contributed by atoms with Gasteiger partial charge in [0.1, 0.15) is 6.04 Å². The van der Waals surface area contributed by atoms with Crippen LogP contribution in [0.15, 0.2) is 48.8 Å². The molecule has 2 atom stereocenters. The Morgan fingerprint density at radius 2 is 1.83 bits per heavy atom. The molecule has 2 amide bonds. The smallest absolute Gasteiger partial charge is 0.259 e. The molecule has 4 rings (SSSR count). The monoisotopic (exact) mass is 487 g/mol. The maximum atomic E-state index is 13.9. The van der Waals surface area contributed by atoms with E-state index in [0.29, 0.717) is 11.3 Å². The summed E-state index contributed by atoms with van der Waals surface area (Å²) in [6.45, 7) is 6.19. The average Bonchev–Trinajstić information content (AvgIpc) is 2.86. The van der Waals surface area contributed by atoms with E-state index in [1.165, 1.54) is 4.90 Å². The number of hydrogen-bond acceptors (Lipinski definition) is 6. The molecule has 1 aliphatic carbocycles. The van der Waals surface area contributed by atoms with Crippen molar-refractivity contribution in [2.75, 3.05) is 11.4 Å². The molecular formula is C28H33N5O3. The minimum Gasteiger partial charge on any atom is -0.351 e. The van der Waals surface area contributed by atoms with Crippen LogP contribution in [0.25, 0.3) is 0 Å². The van der Waals surface area contributed by atoms with Gasteiger partial charge in [-0.2, -0.15) is 5.26 Å². The van der Waals surface area contributed by atoms with Crippen LogP contribution in [-0.4, -0.2) is 46.1 Å². The number of anilines is 1. The number of Topliss-reactive ketones (excluding diaryl/α,β-unsaturated/α-hetero) is 1. The van der Waals surface area contributed by atoms with Gasteiger partial charge in [0.2, 0.25) is 5.91 Å². The molecule has 2 fully saturated rings. The zero-order valence-electron chi connectivity index (χ0n) is 21.1. The fraction of sp³-hybridized carbons (Fsp3) is 0.464. The van der Waals surface area contributed by atoms with Crippen molar-refractivity contribution in [3.8, 4) is 6.19 Å². The highest BCUT2D eigenvalue weighted by Crippen LogP contribution is 2.33. The van der Waals surface area contributed by atoms with Crippen LogP contribution in [0.2, 0.25) is 0 Å².